The van der Waals surface area contributed by atoms with Crippen molar-refractivity contribution < 1.29 is 4.79 Å². The lowest BCUT2D eigenvalue weighted by Gasteiger charge is -2.15. The number of hydrogen-bond donors (Lipinski definition) is 3. The number of carbonyl (C=O) groups is 1. The van der Waals surface area contributed by atoms with Crippen LogP contribution in [0.4, 0.5) is 16.2 Å². The number of nitrogen functional groups attached to an aromatic ring is 1. The number of urea groups is 1. The molecule has 0 aliphatic rings. The molecule has 0 spiro atoms. The van der Waals surface area contributed by atoms with Crippen LogP contribution in [-0.2, 0) is 0 Å². The van der Waals surface area contributed by atoms with Crippen LogP contribution in [0.15, 0.2) is 48.5 Å². The quantitative estimate of drug-likeness (QED) is 0.755. The maximum atomic E-state index is 12.0. The molecule has 5 heteroatoms. The van der Waals surface area contributed by atoms with Crippen LogP contribution >= 0.6 is 0 Å². The van der Waals surface area contributed by atoms with Gasteiger partial charge in [-0.2, -0.15) is 5.26 Å². The Morgan fingerprint density at radius 3 is 2.57 bits per heavy atom. The molecule has 0 bridgehead atoms. The van der Waals surface area contributed by atoms with Crippen LogP contribution in [0, 0.1) is 11.3 Å². The number of anilines is 2. The highest BCUT2D eigenvalue weighted by atomic mass is 16.2. The number of amides is 2. The van der Waals surface area contributed by atoms with Gasteiger partial charge >= 0.3 is 6.03 Å². The van der Waals surface area contributed by atoms with Crippen molar-refractivity contribution in [1.82, 2.24) is 5.32 Å². The highest BCUT2D eigenvalue weighted by molar-refractivity contribution is 5.93. The van der Waals surface area contributed by atoms with E-state index in [9.17, 15) is 4.79 Å². The fourth-order valence-electron chi connectivity index (χ4n) is 1.93. The maximum absolute atomic E-state index is 12.0. The van der Waals surface area contributed by atoms with Gasteiger partial charge in [0.05, 0.1) is 29.0 Å². The van der Waals surface area contributed by atoms with Gasteiger partial charge < -0.3 is 16.4 Å². The molecular formula is C16H16N4O. The molecule has 0 radical (unpaired) electrons. The third kappa shape index (κ3) is 3.74. The molecule has 21 heavy (non-hydrogen) atoms. The van der Waals surface area contributed by atoms with Crippen LogP contribution in [0.5, 0.6) is 0 Å². The molecule has 2 aromatic rings. The summed E-state index contributed by atoms with van der Waals surface area (Å²) >= 11 is 0. The number of hydrogen-bond acceptors (Lipinski definition) is 3. The molecule has 0 aromatic heterocycles. The maximum Gasteiger partial charge on any atom is 0.319 e. The number of nitrogens with one attached hydrogen (secondary N) is 2. The van der Waals surface area contributed by atoms with Crippen molar-refractivity contribution in [3.05, 3.63) is 59.7 Å². The second-order valence-corrected chi connectivity index (χ2v) is 4.64. The van der Waals surface area contributed by atoms with Crippen LogP contribution in [0.3, 0.4) is 0 Å². The number of nitrogens with two attached hydrogens (primary N) is 1. The highest BCUT2D eigenvalue weighted by Gasteiger charge is 2.10. The fourth-order valence-corrected chi connectivity index (χ4v) is 1.93. The summed E-state index contributed by atoms with van der Waals surface area (Å²) in [4.78, 5) is 12.0. The van der Waals surface area contributed by atoms with Gasteiger partial charge in [0.1, 0.15) is 0 Å². The van der Waals surface area contributed by atoms with Crippen molar-refractivity contribution in [2.45, 2.75) is 13.0 Å². The number of nitriles is 1. The summed E-state index contributed by atoms with van der Waals surface area (Å²) in [7, 11) is 0. The first-order chi connectivity index (χ1) is 10.1. The predicted molar refractivity (Wildman–Crippen MR) is 82.6 cm³/mol. The second-order valence-electron chi connectivity index (χ2n) is 4.64. The smallest absolute Gasteiger partial charge is 0.319 e. The SMILES string of the molecule is C[C@H](NC(=O)Nc1ccc(C#N)cc1N)c1ccccc1. The van der Waals surface area contributed by atoms with Crippen molar-refractivity contribution in [2.24, 2.45) is 0 Å². The van der Waals surface area contributed by atoms with Crippen LogP contribution in [0.25, 0.3) is 0 Å². The Kier molecular flexibility index (Phi) is 4.42. The Labute approximate surface area is 123 Å². The molecule has 0 saturated heterocycles. The van der Waals surface area contributed by atoms with E-state index in [-0.39, 0.29) is 12.1 Å². The first-order valence-electron chi connectivity index (χ1n) is 6.52. The van der Waals surface area contributed by atoms with E-state index in [0.717, 1.165) is 5.56 Å². The van der Waals surface area contributed by atoms with Crippen LogP contribution in [-0.4, -0.2) is 6.03 Å². The van der Waals surface area contributed by atoms with E-state index >= 15 is 0 Å². The van der Waals surface area contributed by atoms with Gasteiger partial charge in [0.15, 0.2) is 0 Å². The zero-order chi connectivity index (χ0) is 15.2. The summed E-state index contributed by atoms with van der Waals surface area (Å²) in [6.07, 6.45) is 0. The third-order valence-electron chi connectivity index (χ3n) is 3.08. The largest absolute Gasteiger partial charge is 0.397 e. The fraction of sp³-hybridized carbons (Fsp3) is 0.125. The summed E-state index contributed by atoms with van der Waals surface area (Å²) < 4.78 is 0. The summed E-state index contributed by atoms with van der Waals surface area (Å²) in [6.45, 7) is 1.90. The number of nitrogens with zero attached hydrogens (tertiary/aromatic N) is 1. The predicted octanol–water partition coefficient (Wildman–Crippen LogP) is 3.02. The molecule has 0 aliphatic carbocycles. The molecular weight excluding hydrogens is 264 g/mol. The Morgan fingerprint density at radius 1 is 1.24 bits per heavy atom. The van der Waals surface area contributed by atoms with E-state index in [1.165, 1.54) is 6.07 Å². The van der Waals surface area contributed by atoms with Crippen LogP contribution in [0.1, 0.15) is 24.1 Å². The van der Waals surface area contributed by atoms with Gasteiger partial charge in [-0.1, -0.05) is 30.3 Å². The van der Waals surface area contributed by atoms with Crippen molar-refractivity contribution in [3.8, 4) is 6.07 Å². The molecule has 0 aliphatic heterocycles. The van der Waals surface area contributed by atoms with Crippen LogP contribution in [0.2, 0.25) is 0 Å². The number of rotatable bonds is 3. The zero-order valence-corrected chi connectivity index (χ0v) is 11.6. The van der Waals surface area contributed by atoms with Crippen molar-refractivity contribution in [3.63, 3.8) is 0 Å². The molecule has 1 atom stereocenters. The standard InChI is InChI=1S/C16H16N4O/c1-11(13-5-3-2-4-6-13)19-16(21)20-15-8-7-12(10-17)9-14(15)18/h2-9,11H,18H2,1H3,(H2,19,20,21)/t11-/m0/s1. The van der Waals surface area contributed by atoms with Gasteiger partial charge in [0, 0.05) is 0 Å². The lowest BCUT2D eigenvalue weighted by molar-refractivity contribution is 0.249. The first-order valence-corrected chi connectivity index (χ1v) is 6.52. The molecule has 2 rings (SSSR count). The topological polar surface area (TPSA) is 90.9 Å². The molecule has 2 amide bonds. The van der Waals surface area contributed by atoms with Crippen molar-refractivity contribution in [2.75, 3.05) is 11.1 Å². The normalized spacial score (nSPS) is 11.2. The molecule has 0 heterocycles. The third-order valence-corrected chi connectivity index (χ3v) is 3.08. The van der Waals surface area contributed by atoms with Gasteiger partial charge in [-0.05, 0) is 30.7 Å². The monoisotopic (exact) mass is 280 g/mol. The highest BCUT2D eigenvalue weighted by Crippen LogP contribution is 2.19. The van der Waals surface area contributed by atoms with E-state index < -0.39 is 0 Å². The van der Waals surface area contributed by atoms with Gasteiger partial charge in [-0.15, -0.1) is 0 Å². The van der Waals surface area contributed by atoms with Gasteiger partial charge in [0.25, 0.3) is 0 Å². The van der Waals surface area contributed by atoms with Gasteiger partial charge in [0.2, 0.25) is 0 Å². The Bertz CT molecular complexity index is 676. The molecule has 2 aromatic carbocycles. The summed E-state index contributed by atoms with van der Waals surface area (Å²) in [5, 5.41) is 14.3. The number of carbonyl (C=O) groups excluding carboxylic acids is 1. The van der Waals surface area contributed by atoms with Gasteiger partial charge in [-0.3, -0.25) is 0 Å². The molecule has 5 nitrogen and oxygen atoms in total. The Hall–Kier alpha value is -3.00. The van der Waals surface area contributed by atoms with Crippen molar-refractivity contribution in [1.29, 1.82) is 5.26 Å². The minimum atomic E-state index is -0.345. The lowest BCUT2D eigenvalue weighted by atomic mass is 10.1. The molecule has 4 N–H and O–H groups in total. The Balaban J connectivity index is 2.01. The summed E-state index contributed by atoms with van der Waals surface area (Å²) in [5.74, 6) is 0. The first kappa shape index (κ1) is 14.4. The van der Waals surface area contributed by atoms with Crippen molar-refractivity contribution >= 4 is 17.4 Å². The van der Waals surface area contributed by atoms with E-state index in [0.29, 0.717) is 16.9 Å². The average Bonchev–Trinajstić information content (AvgIpc) is 2.50. The molecule has 0 fully saturated rings. The lowest BCUT2D eigenvalue weighted by Crippen LogP contribution is -2.31. The molecule has 0 unspecified atom stereocenters. The van der Waals surface area contributed by atoms with Crippen LogP contribution < -0.4 is 16.4 Å². The van der Waals surface area contributed by atoms with E-state index in [4.69, 9.17) is 11.0 Å². The van der Waals surface area contributed by atoms with E-state index in [1.807, 2.05) is 43.3 Å². The zero-order valence-electron chi connectivity index (χ0n) is 11.6. The molecule has 106 valence electrons. The average molecular weight is 280 g/mol. The van der Waals surface area contributed by atoms with E-state index in [1.54, 1.807) is 12.1 Å². The minimum Gasteiger partial charge on any atom is -0.397 e. The number of benzene rings is 2. The Morgan fingerprint density at radius 2 is 1.95 bits per heavy atom. The minimum absolute atomic E-state index is 0.120. The van der Waals surface area contributed by atoms with E-state index in [2.05, 4.69) is 10.6 Å². The van der Waals surface area contributed by atoms with Gasteiger partial charge in [-0.25, -0.2) is 4.79 Å². The summed E-state index contributed by atoms with van der Waals surface area (Å²) in [6, 6.07) is 15.9. The second kappa shape index (κ2) is 6.44. The molecule has 0 saturated carbocycles. The summed E-state index contributed by atoms with van der Waals surface area (Å²) in [5.41, 5.74) is 8.10.